The van der Waals surface area contributed by atoms with Crippen LogP contribution in [0.15, 0.2) is 12.1 Å². The maximum absolute atomic E-state index is 9.84. The van der Waals surface area contributed by atoms with E-state index in [9.17, 15) is 5.11 Å². The van der Waals surface area contributed by atoms with Crippen LogP contribution in [0.25, 0.3) is 0 Å². The van der Waals surface area contributed by atoms with Gasteiger partial charge in [0.2, 0.25) is 0 Å². The summed E-state index contributed by atoms with van der Waals surface area (Å²) in [7, 11) is 1.59. The summed E-state index contributed by atoms with van der Waals surface area (Å²) in [6.45, 7) is 7.73. The van der Waals surface area contributed by atoms with Gasteiger partial charge in [-0.3, -0.25) is 0 Å². The summed E-state index contributed by atoms with van der Waals surface area (Å²) >= 11 is 0. The molecule has 3 heteroatoms. The third kappa shape index (κ3) is 2.61. The maximum atomic E-state index is 9.84. The molecule has 1 aliphatic heterocycles. The van der Waals surface area contributed by atoms with Gasteiger partial charge < -0.3 is 15.2 Å². The second-order valence-electron chi connectivity index (χ2n) is 6.12. The normalized spacial score (nSPS) is 20.1. The molecule has 1 heterocycles. The Morgan fingerprint density at radius 2 is 2.00 bits per heavy atom. The van der Waals surface area contributed by atoms with E-state index in [4.69, 9.17) is 4.74 Å². The van der Waals surface area contributed by atoms with E-state index in [2.05, 4.69) is 26.1 Å². The third-order valence-corrected chi connectivity index (χ3v) is 3.76. The molecule has 3 nitrogen and oxygen atoms in total. The zero-order chi connectivity index (χ0) is 13.3. The molecule has 18 heavy (non-hydrogen) atoms. The number of phenols is 1. The van der Waals surface area contributed by atoms with Crippen LogP contribution in [0.5, 0.6) is 11.5 Å². The molecule has 0 fully saturated rings. The molecule has 1 atom stereocenters. The van der Waals surface area contributed by atoms with Crippen LogP contribution in [0.4, 0.5) is 0 Å². The average Bonchev–Trinajstić information content (AvgIpc) is 2.49. The van der Waals surface area contributed by atoms with Crippen LogP contribution in [0.3, 0.4) is 0 Å². The molecule has 1 aromatic rings. The summed E-state index contributed by atoms with van der Waals surface area (Å²) in [6.07, 6.45) is 1.94. The van der Waals surface area contributed by atoms with Crippen LogP contribution >= 0.6 is 0 Å². The van der Waals surface area contributed by atoms with Crippen molar-refractivity contribution >= 4 is 0 Å². The lowest BCUT2D eigenvalue weighted by molar-refractivity contribution is 0.271. The lowest BCUT2D eigenvalue weighted by atomic mass is 9.83. The molecule has 2 N–H and O–H groups in total. The number of rotatable bonds is 1. The fraction of sp³-hybridized carbons (Fsp3) is 0.600. The molecule has 0 radical (unpaired) electrons. The van der Waals surface area contributed by atoms with E-state index in [0.29, 0.717) is 11.8 Å². The van der Waals surface area contributed by atoms with Crippen molar-refractivity contribution in [2.24, 2.45) is 5.41 Å². The number of phenolic OH excluding ortho intramolecular Hbond substituents is 1. The van der Waals surface area contributed by atoms with Gasteiger partial charge in [0, 0.05) is 6.04 Å². The highest BCUT2D eigenvalue weighted by Crippen LogP contribution is 2.33. The van der Waals surface area contributed by atoms with Crippen molar-refractivity contribution in [2.75, 3.05) is 13.7 Å². The van der Waals surface area contributed by atoms with Crippen molar-refractivity contribution in [3.8, 4) is 11.5 Å². The van der Waals surface area contributed by atoms with Crippen molar-refractivity contribution in [1.29, 1.82) is 0 Å². The van der Waals surface area contributed by atoms with E-state index >= 15 is 0 Å². The largest absolute Gasteiger partial charge is 0.504 e. The van der Waals surface area contributed by atoms with E-state index in [0.717, 1.165) is 19.4 Å². The molecule has 100 valence electrons. The van der Waals surface area contributed by atoms with Gasteiger partial charge in [-0.25, -0.2) is 0 Å². The Hall–Kier alpha value is -1.22. The predicted molar refractivity (Wildman–Crippen MR) is 73.3 cm³/mol. The van der Waals surface area contributed by atoms with E-state index in [1.54, 1.807) is 7.11 Å². The molecule has 0 spiro atoms. The van der Waals surface area contributed by atoms with Crippen molar-refractivity contribution in [1.82, 2.24) is 5.32 Å². The number of hydrogen-bond donors (Lipinski definition) is 2. The summed E-state index contributed by atoms with van der Waals surface area (Å²) in [5, 5.41) is 13.4. The molecule has 1 aliphatic rings. The minimum absolute atomic E-state index is 0.229. The van der Waals surface area contributed by atoms with E-state index in [1.165, 1.54) is 11.1 Å². The molecule has 0 saturated carbocycles. The molecule has 1 aromatic carbocycles. The Balaban J connectivity index is 2.35. The fourth-order valence-corrected chi connectivity index (χ4v) is 2.53. The zero-order valence-corrected chi connectivity index (χ0v) is 11.7. The Labute approximate surface area is 109 Å². The van der Waals surface area contributed by atoms with Crippen molar-refractivity contribution in [2.45, 2.75) is 39.7 Å². The highest BCUT2D eigenvalue weighted by Gasteiger charge is 2.27. The minimum Gasteiger partial charge on any atom is -0.504 e. The first-order valence-corrected chi connectivity index (χ1v) is 6.54. The number of benzene rings is 1. The average molecular weight is 249 g/mol. The Kier molecular flexibility index (Phi) is 3.53. The van der Waals surface area contributed by atoms with Gasteiger partial charge in [-0.1, -0.05) is 20.8 Å². The van der Waals surface area contributed by atoms with Crippen molar-refractivity contribution < 1.29 is 9.84 Å². The first-order valence-electron chi connectivity index (χ1n) is 6.54. The summed E-state index contributed by atoms with van der Waals surface area (Å²) < 4.78 is 5.20. The van der Waals surface area contributed by atoms with Crippen LogP contribution in [0, 0.1) is 5.41 Å². The quantitative estimate of drug-likeness (QED) is 0.803. The first kappa shape index (κ1) is 13.2. The van der Waals surface area contributed by atoms with Crippen LogP contribution in [-0.2, 0) is 12.8 Å². The molecular formula is C15H23NO2. The number of aromatic hydroxyl groups is 1. The number of methoxy groups -OCH3 is 1. The van der Waals surface area contributed by atoms with Gasteiger partial charge in [0.25, 0.3) is 0 Å². The molecule has 0 aliphatic carbocycles. The third-order valence-electron chi connectivity index (χ3n) is 3.76. The Morgan fingerprint density at radius 1 is 1.28 bits per heavy atom. The van der Waals surface area contributed by atoms with Crippen molar-refractivity contribution in [3.05, 3.63) is 23.3 Å². The van der Waals surface area contributed by atoms with Gasteiger partial charge >= 0.3 is 0 Å². The van der Waals surface area contributed by atoms with Gasteiger partial charge in [0.1, 0.15) is 0 Å². The second-order valence-corrected chi connectivity index (χ2v) is 6.12. The Bertz CT molecular complexity index is 435. The highest BCUT2D eigenvalue weighted by molar-refractivity contribution is 5.47. The molecule has 0 bridgehead atoms. The van der Waals surface area contributed by atoms with Crippen LogP contribution in [-0.4, -0.2) is 24.8 Å². The van der Waals surface area contributed by atoms with Crippen molar-refractivity contribution in [3.63, 3.8) is 0 Å². The van der Waals surface area contributed by atoms with Crippen LogP contribution in [0.1, 0.15) is 31.9 Å². The SMILES string of the molecule is COc1cc2c(cc1O)CCNC(C(C)(C)C)C2. The highest BCUT2D eigenvalue weighted by atomic mass is 16.5. The van der Waals surface area contributed by atoms with Gasteiger partial charge in [0.05, 0.1) is 7.11 Å². The molecular weight excluding hydrogens is 226 g/mol. The smallest absolute Gasteiger partial charge is 0.160 e. The van der Waals surface area contributed by atoms with Gasteiger partial charge in [-0.15, -0.1) is 0 Å². The van der Waals surface area contributed by atoms with E-state index in [1.807, 2.05) is 12.1 Å². The Morgan fingerprint density at radius 3 is 2.61 bits per heavy atom. The minimum atomic E-state index is 0.229. The summed E-state index contributed by atoms with van der Waals surface area (Å²) in [6, 6.07) is 4.28. The fourth-order valence-electron chi connectivity index (χ4n) is 2.53. The molecule has 0 saturated heterocycles. The molecule has 0 aromatic heterocycles. The molecule has 0 amide bonds. The number of ether oxygens (including phenoxy) is 1. The summed E-state index contributed by atoms with van der Waals surface area (Å²) in [4.78, 5) is 0. The molecule has 1 unspecified atom stereocenters. The summed E-state index contributed by atoms with van der Waals surface area (Å²) in [5.41, 5.74) is 2.74. The maximum Gasteiger partial charge on any atom is 0.160 e. The predicted octanol–water partition coefficient (Wildman–Crippen LogP) is 2.50. The summed E-state index contributed by atoms with van der Waals surface area (Å²) in [5.74, 6) is 0.814. The van der Waals surface area contributed by atoms with Gasteiger partial charge in [-0.2, -0.15) is 0 Å². The second kappa shape index (κ2) is 4.81. The topological polar surface area (TPSA) is 41.5 Å². The standard InChI is InChI=1S/C15H23NO2/c1-15(2,3)14-9-11-8-13(18-4)12(17)7-10(11)5-6-16-14/h7-8,14,16-17H,5-6,9H2,1-4H3. The first-order chi connectivity index (χ1) is 8.41. The lowest BCUT2D eigenvalue weighted by Gasteiger charge is -2.30. The van der Waals surface area contributed by atoms with Crippen LogP contribution < -0.4 is 10.1 Å². The number of hydrogen-bond acceptors (Lipinski definition) is 3. The number of nitrogens with one attached hydrogen (secondary N) is 1. The van der Waals surface area contributed by atoms with Gasteiger partial charge in [0.15, 0.2) is 11.5 Å². The lowest BCUT2D eigenvalue weighted by Crippen LogP contribution is -2.41. The molecule has 2 rings (SSSR count). The van der Waals surface area contributed by atoms with Gasteiger partial charge in [-0.05, 0) is 48.1 Å². The monoisotopic (exact) mass is 249 g/mol. The van der Waals surface area contributed by atoms with E-state index in [-0.39, 0.29) is 11.2 Å². The van der Waals surface area contributed by atoms with E-state index < -0.39 is 0 Å². The van der Waals surface area contributed by atoms with Crippen LogP contribution in [0.2, 0.25) is 0 Å². The number of fused-ring (bicyclic) bond motifs is 1. The zero-order valence-electron chi connectivity index (χ0n) is 11.7.